The number of fused-ring (bicyclic) bond motifs is 2. The number of carbonyl (C=O) groups is 1. The molecule has 3 aromatic carbocycles. The third kappa shape index (κ3) is 4.73. The highest BCUT2D eigenvalue weighted by atomic mass is 16.3. The van der Waals surface area contributed by atoms with Crippen LogP contribution in [0.4, 0.5) is 0 Å². The van der Waals surface area contributed by atoms with Gasteiger partial charge in [0, 0.05) is 35.5 Å². The van der Waals surface area contributed by atoms with Crippen molar-refractivity contribution in [2.75, 3.05) is 0 Å². The van der Waals surface area contributed by atoms with Crippen LogP contribution in [0, 0.1) is 13.8 Å². The Hall–Kier alpha value is -3.83. The van der Waals surface area contributed by atoms with Crippen molar-refractivity contribution in [2.24, 2.45) is 0 Å². The topological polar surface area (TPSA) is 70.1 Å². The minimum atomic E-state index is -0.846. The molecule has 5 heteroatoms. The van der Waals surface area contributed by atoms with E-state index in [0.29, 0.717) is 19.5 Å². The number of hydrogen-bond acceptors (Lipinski definition) is 3. The van der Waals surface area contributed by atoms with Gasteiger partial charge in [0.05, 0.1) is 12.1 Å². The van der Waals surface area contributed by atoms with Crippen molar-refractivity contribution < 1.29 is 9.21 Å². The molecular weight excluding hydrogens is 434 g/mol. The summed E-state index contributed by atoms with van der Waals surface area (Å²) in [7, 11) is 0. The summed E-state index contributed by atoms with van der Waals surface area (Å²) in [5.41, 5.74) is 5.73. The Labute approximate surface area is 205 Å². The zero-order valence-corrected chi connectivity index (χ0v) is 20.4. The van der Waals surface area contributed by atoms with E-state index >= 15 is 0 Å². The predicted octanol–water partition coefficient (Wildman–Crippen LogP) is 5.94. The van der Waals surface area contributed by atoms with Crippen LogP contribution in [0.2, 0.25) is 0 Å². The van der Waals surface area contributed by atoms with Gasteiger partial charge in [-0.15, -0.1) is 0 Å². The number of furan rings is 1. The van der Waals surface area contributed by atoms with Crippen LogP contribution < -0.4 is 10.6 Å². The van der Waals surface area contributed by atoms with Crippen LogP contribution in [0.15, 0.2) is 83.4 Å². The molecule has 0 fully saturated rings. The van der Waals surface area contributed by atoms with E-state index in [-0.39, 0.29) is 5.91 Å². The molecule has 5 aromatic rings. The molecule has 0 aliphatic rings. The Morgan fingerprint density at radius 3 is 2.60 bits per heavy atom. The van der Waals surface area contributed by atoms with Crippen molar-refractivity contribution in [3.63, 3.8) is 0 Å². The van der Waals surface area contributed by atoms with Crippen molar-refractivity contribution in [2.45, 2.75) is 45.8 Å². The van der Waals surface area contributed by atoms with Gasteiger partial charge in [-0.2, -0.15) is 0 Å². The number of aromatic amines is 1. The normalized spacial score (nSPS) is 13.2. The Morgan fingerprint density at radius 1 is 0.943 bits per heavy atom. The Morgan fingerprint density at radius 2 is 1.74 bits per heavy atom. The molecule has 1 amide bonds. The van der Waals surface area contributed by atoms with Gasteiger partial charge in [-0.25, -0.2) is 0 Å². The fraction of sp³-hybridized carbons (Fsp3) is 0.233. The minimum Gasteiger partial charge on any atom is -0.460 e. The number of aryl methyl sites for hydroxylation is 1. The third-order valence-corrected chi connectivity index (χ3v) is 7.01. The van der Waals surface area contributed by atoms with Gasteiger partial charge >= 0.3 is 0 Å². The first-order valence-corrected chi connectivity index (χ1v) is 12.0. The predicted molar refractivity (Wildman–Crippen MR) is 141 cm³/mol. The van der Waals surface area contributed by atoms with Crippen LogP contribution in [-0.2, 0) is 24.3 Å². The molecule has 0 aliphatic carbocycles. The molecule has 0 spiro atoms. The van der Waals surface area contributed by atoms with Crippen molar-refractivity contribution >= 4 is 27.8 Å². The van der Waals surface area contributed by atoms with Gasteiger partial charge < -0.3 is 14.7 Å². The summed E-state index contributed by atoms with van der Waals surface area (Å²) in [6.07, 6.45) is 2.54. The van der Waals surface area contributed by atoms with Gasteiger partial charge in [-0.3, -0.25) is 10.1 Å². The summed E-state index contributed by atoms with van der Waals surface area (Å²) in [4.78, 5) is 17.0. The maximum atomic E-state index is 13.7. The van der Waals surface area contributed by atoms with Crippen molar-refractivity contribution in [1.82, 2.24) is 15.6 Å². The lowest BCUT2D eigenvalue weighted by molar-refractivity contribution is -0.127. The highest BCUT2D eigenvalue weighted by Gasteiger charge is 2.34. The van der Waals surface area contributed by atoms with E-state index in [9.17, 15) is 4.79 Å². The number of nitrogens with one attached hydrogen (secondary N) is 3. The quantitative estimate of drug-likeness (QED) is 0.266. The fourth-order valence-electron chi connectivity index (χ4n) is 4.66. The van der Waals surface area contributed by atoms with E-state index < -0.39 is 5.54 Å². The second-order valence-electron chi connectivity index (χ2n) is 9.51. The first kappa shape index (κ1) is 22.9. The van der Waals surface area contributed by atoms with Gasteiger partial charge in [-0.1, -0.05) is 54.6 Å². The van der Waals surface area contributed by atoms with Crippen LogP contribution in [0.25, 0.3) is 21.9 Å². The minimum absolute atomic E-state index is 0.0419. The van der Waals surface area contributed by atoms with Crippen LogP contribution >= 0.6 is 0 Å². The molecule has 35 heavy (non-hydrogen) atoms. The van der Waals surface area contributed by atoms with E-state index in [1.807, 2.05) is 61.7 Å². The molecule has 2 heterocycles. The standard InChI is InChI=1S/C30H31N3O2/c1-20-9-8-11-23(21(20)2)17-32-29(34)30(3,16-24-18-31-27-13-6-5-12-26(24)27)33-19-25-15-22-10-4-7-14-28(22)35-25/h4-15,18,31,33H,16-17,19H2,1-3H3,(H,32,34). The van der Waals surface area contributed by atoms with E-state index in [1.54, 1.807) is 0 Å². The molecule has 0 saturated heterocycles. The molecular formula is C30H31N3O2. The lowest BCUT2D eigenvalue weighted by Gasteiger charge is -2.30. The summed E-state index contributed by atoms with van der Waals surface area (Å²) in [5, 5.41) is 8.90. The maximum Gasteiger partial charge on any atom is 0.240 e. The molecule has 3 N–H and O–H groups in total. The molecule has 2 aromatic heterocycles. The second kappa shape index (κ2) is 9.43. The Bertz CT molecular complexity index is 1460. The lowest BCUT2D eigenvalue weighted by Crippen LogP contribution is -2.55. The summed E-state index contributed by atoms with van der Waals surface area (Å²) in [6.45, 7) is 7.10. The largest absolute Gasteiger partial charge is 0.460 e. The van der Waals surface area contributed by atoms with Crippen LogP contribution in [-0.4, -0.2) is 16.4 Å². The first-order chi connectivity index (χ1) is 16.9. The highest BCUT2D eigenvalue weighted by molar-refractivity contribution is 5.89. The summed E-state index contributed by atoms with van der Waals surface area (Å²) in [5.74, 6) is 0.762. The second-order valence-corrected chi connectivity index (χ2v) is 9.51. The van der Waals surface area contributed by atoms with Crippen LogP contribution in [0.3, 0.4) is 0 Å². The molecule has 0 aliphatic heterocycles. The number of rotatable bonds is 8. The van der Waals surface area contributed by atoms with Gasteiger partial charge in [0.1, 0.15) is 11.3 Å². The Kier molecular flexibility index (Phi) is 6.18. The molecule has 1 unspecified atom stereocenters. The van der Waals surface area contributed by atoms with Gasteiger partial charge in [0.15, 0.2) is 0 Å². The SMILES string of the molecule is Cc1cccc(CNC(=O)C(C)(Cc2c[nH]c3ccccc23)NCc2cc3ccccc3o2)c1C. The number of amides is 1. The summed E-state index contributed by atoms with van der Waals surface area (Å²) in [6, 6.07) is 24.4. The zero-order chi connectivity index (χ0) is 24.4. The molecule has 1 atom stereocenters. The average molecular weight is 466 g/mol. The monoisotopic (exact) mass is 465 g/mol. The molecule has 178 valence electrons. The smallest absolute Gasteiger partial charge is 0.240 e. The highest BCUT2D eigenvalue weighted by Crippen LogP contribution is 2.25. The summed E-state index contributed by atoms with van der Waals surface area (Å²) >= 11 is 0. The first-order valence-electron chi connectivity index (χ1n) is 12.0. The number of para-hydroxylation sites is 2. The molecule has 0 radical (unpaired) electrons. The molecule has 0 bridgehead atoms. The number of carbonyl (C=O) groups excluding carboxylic acids is 1. The van der Waals surface area contributed by atoms with Gasteiger partial charge in [0.2, 0.25) is 5.91 Å². The zero-order valence-electron chi connectivity index (χ0n) is 20.4. The van der Waals surface area contributed by atoms with E-state index in [4.69, 9.17) is 4.42 Å². The molecule has 5 rings (SSSR count). The lowest BCUT2D eigenvalue weighted by atomic mass is 9.91. The van der Waals surface area contributed by atoms with Crippen molar-refractivity contribution in [3.05, 3.63) is 107 Å². The fourth-order valence-corrected chi connectivity index (χ4v) is 4.66. The van der Waals surface area contributed by atoms with Gasteiger partial charge in [0.25, 0.3) is 0 Å². The summed E-state index contributed by atoms with van der Waals surface area (Å²) < 4.78 is 6.01. The average Bonchev–Trinajstić information content (AvgIpc) is 3.47. The number of benzene rings is 3. The molecule has 0 saturated carbocycles. The van der Waals surface area contributed by atoms with Gasteiger partial charge in [-0.05, 0) is 61.2 Å². The van der Waals surface area contributed by atoms with E-state index in [0.717, 1.165) is 38.8 Å². The van der Waals surface area contributed by atoms with E-state index in [1.165, 1.54) is 11.1 Å². The third-order valence-electron chi connectivity index (χ3n) is 7.01. The van der Waals surface area contributed by atoms with Crippen molar-refractivity contribution in [1.29, 1.82) is 0 Å². The number of hydrogen-bond donors (Lipinski definition) is 3. The maximum absolute atomic E-state index is 13.7. The number of aromatic nitrogens is 1. The van der Waals surface area contributed by atoms with Crippen molar-refractivity contribution in [3.8, 4) is 0 Å². The molecule has 5 nitrogen and oxygen atoms in total. The Balaban J connectivity index is 1.40. The number of H-pyrrole nitrogens is 1. The van der Waals surface area contributed by atoms with Crippen LogP contribution in [0.5, 0.6) is 0 Å². The van der Waals surface area contributed by atoms with E-state index in [2.05, 4.69) is 53.7 Å². The van der Waals surface area contributed by atoms with Crippen LogP contribution in [0.1, 0.15) is 34.9 Å².